The third-order valence-corrected chi connectivity index (χ3v) is 5.00. The molecule has 0 atom stereocenters. The summed E-state index contributed by atoms with van der Waals surface area (Å²) in [5.41, 5.74) is 4.48. The van der Waals surface area contributed by atoms with Crippen molar-refractivity contribution in [3.63, 3.8) is 0 Å². The normalized spacial score (nSPS) is 10.9. The van der Waals surface area contributed by atoms with Crippen molar-refractivity contribution in [2.45, 2.75) is 6.92 Å². The number of rotatable bonds is 4. The molecule has 0 fully saturated rings. The first-order valence-corrected chi connectivity index (χ1v) is 9.75. The molecular weight excluding hydrogens is 411 g/mol. The van der Waals surface area contributed by atoms with Gasteiger partial charge in [-0.2, -0.15) is 0 Å². The molecule has 0 saturated heterocycles. The van der Waals surface area contributed by atoms with Gasteiger partial charge in [0.05, 0.1) is 11.0 Å². The number of nitrogens with zero attached hydrogens (tertiary/aromatic N) is 3. The van der Waals surface area contributed by atoms with E-state index in [2.05, 4.69) is 17.5 Å². The largest absolute Gasteiger partial charge is 0.314 e. The Morgan fingerprint density at radius 3 is 1.89 bits per heavy atom. The van der Waals surface area contributed by atoms with E-state index < -0.39 is 0 Å². The summed E-state index contributed by atoms with van der Waals surface area (Å²) >= 11 is 16.4. The van der Waals surface area contributed by atoms with Crippen LogP contribution in [0, 0.1) is 6.92 Å². The Morgan fingerprint density at radius 2 is 1.36 bits per heavy atom. The Balaban J connectivity index is 1.97. The molecule has 4 aromatic rings. The molecule has 0 radical (unpaired) electrons. The van der Waals surface area contributed by atoms with Gasteiger partial charge in [0, 0.05) is 21.4 Å². The Kier molecular flexibility index (Phi) is 5.31. The van der Waals surface area contributed by atoms with E-state index in [0.29, 0.717) is 21.7 Å². The molecule has 0 bridgehead atoms. The van der Waals surface area contributed by atoms with E-state index >= 15 is 0 Å². The summed E-state index contributed by atoms with van der Waals surface area (Å²) < 4.78 is 2.87. The minimum Gasteiger partial charge on any atom is -0.314 e. The summed E-state index contributed by atoms with van der Waals surface area (Å²) in [4.78, 5) is 11.6. The van der Waals surface area contributed by atoms with Crippen LogP contribution >= 0.6 is 36.0 Å². The Hall–Kier alpha value is -2.47. The smallest absolute Gasteiger partial charge is 0.182 e. The molecule has 0 saturated carbocycles. The zero-order valence-corrected chi connectivity index (χ0v) is 17.3. The van der Waals surface area contributed by atoms with E-state index in [1.165, 1.54) is 0 Å². The number of aryl methyl sites for hydroxylation is 1. The first-order valence-electron chi connectivity index (χ1n) is 8.55. The predicted molar refractivity (Wildman–Crippen MR) is 122 cm³/mol. The molecule has 1 N–H and O–H groups in total. The van der Waals surface area contributed by atoms with Gasteiger partial charge < -0.3 is 4.72 Å². The van der Waals surface area contributed by atoms with E-state index in [9.17, 15) is 0 Å². The quantitative estimate of drug-likeness (QED) is 0.345. The first-order chi connectivity index (χ1) is 13.5. The van der Waals surface area contributed by atoms with Gasteiger partial charge in [0.1, 0.15) is 0 Å². The van der Waals surface area contributed by atoms with E-state index in [0.717, 1.165) is 28.0 Å². The first kappa shape index (κ1) is 18.9. The summed E-state index contributed by atoms with van der Waals surface area (Å²) in [6.45, 7) is 2.03. The highest BCUT2D eigenvalue weighted by Gasteiger charge is 2.19. The molecule has 0 aliphatic carbocycles. The maximum absolute atomic E-state index is 6.09. The highest BCUT2D eigenvalue weighted by Crippen LogP contribution is 2.38. The number of aromatic nitrogens is 2. The van der Waals surface area contributed by atoms with E-state index in [-0.39, 0.29) is 0 Å². The zero-order chi connectivity index (χ0) is 19.7. The second-order valence-corrected chi connectivity index (χ2v) is 7.38. The van der Waals surface area contributed by atoms with Gasteiger partial charge in [-0.1, -0.05) is 42.1 Å². The predicted octanol–water partition coefficient (Wildman–Crippen LogP) is 6.97. The fourth-order valence-corrected chi connectivity index (χ4v) is 3.36. The van der Waals surface area contributed by atoms with Crippen LogP contribution in [-0.4, -0.2) is 9.97 Å². The van der Waals surface area contributed by atoms with Gasteiger partial charge >= 0.3 is 0 Å². The van der Waals surface area contributed by atoms with E-state index in [1.54, 1.807) is 0 Å². The summed E-state index contributed by atoms with van der Waals surface area (Å²) in [7, 11) is 0. The van der Waals surface area contributed by atoms with Crippen LogP contribution in [0.4, 0.5) is 23.0 Å². The van der Waals surface area contributed by atoms with Crippen LogP contribution in [0.15, 0.2) is 66.7 Å². The van der Waals surface area contributed by atoms with Crippen LogP contribution in [0.25, 0.3) is 11.0 Å². The fraction of sp³-hybridized carbons (Fsp3) is 0.0476. The highest BCUT2D eigenvalue weighted by atomic mass is 35.5. The molecule has 4 rings (SSSR count). The maximum atomic E-state index is 6.09. The number of hydrogen-bond donors (Lipinski definition) is 2. The maximum Gasteiger partial charge on any atom is 0.182 e. The number of halogens is 2. The summed E-state index contributed by atoms with van der Waals surface area (Å²) in [5.74, 6) is 1.17. The van der Waals surface area contributed by atoms with Gasteiger partial charge in [-0.25, -0.2) is 9.97 Å². The van der Waals surface area contributed by atoms with Crippen LogP contribution < -0.4 is 9.62 Å². The van der Waals surface area contributed by atoms with Crippen molar-refractivity contribution < 1.29 is 0 Å². The Bertz CT molecular complexity index is 1090. The average Bonchev–Trinajstić information content (AvgIpc) is 2.70. The van der Waals surface area contributed by atoms with Crippen molar-refractivity contribution in [2.24, 2.45) is 0 Å². The monoisotopic (exact) mass is 426 g/mol. The molecule has 0 amide bonds. The lowest BCUT2D eigenvalue weighted by molar-refractivity contribution is 1.18. The molecule has 140 valence electrons. The van der Waals surface area contributed by atoms with Crippen LogP contribution in [0.3, 0.4) is 0 Å². The number of thiol groups is 1. The highest BCUT2D eigenvalue weighted by molar-refractivity contribution is 7.81. The van der Waals surface area contributed by atoms with Crippen LogP contribution in [-0.2, 0) is 0 Å². The summed E-state index contributed by atoms with van der Waals surface area (Å²) in [6, 6.07) is 21.1. The summed E-state index contributed by atoms with van der Waals surface area (Å²) in [6.07, 6.45) is 0. The van der Waals surface area contributed by atoms with Gasteiger partial charge in [0.15, 0.2) is 11.6 Å². The van der Waals surface area contributed by atoms with E-state index in [4.69, 9.17) is 33.2 Å². The van der Waals surface area contributed by atoms with Crippen molar-refractivity contribution in [1.29, 1.82) is 0 Å². The third-order valence-electron chi connectivity index (χ3n) is 4.29. The minimum atomic E-state index is 0.546. The van der Waals surface area contributed by atoms with Crippen LogP contribution in [0.5, 0.6) is 0 Å². The molecule has 1 aromatic heterocycles. The molecule has 0 unspecified atom stereocenters. The van der Waals surface area contributed by atoms with Crippen molar-refractivity contribution in [3.8, 4) is 0 Å². The van der Waals surface area contributed by atoms with Crippen molar-refractivity contribution >= 4 is 70.1 Å². The van der Waals surface area contributed by atoms with Gasteiger partial charge in [-0.3, -0.25) is 4.90 Å². The standard InChI is InChI=1S/C21H16Cl2N4S/c1-13-2-11-18-19(12-13)25-21(20(24-18)26-28)27(16-7-3-14(22)4-8-16)17-9-5-15(23)6-10-17/h2-12,28H,1H3,(H,24,26). The van der Waals surface area contributed by atoms with Gasteiger partial charge in [0.25, 0.3) is 0 Å². The van der Waals surface area contributed by atoms with Gasteiger partial charge in [-0.05, 0) is 73.2 Å². The van der Waals surface area contributed by atoms with Crippen LogP contribution in [0.2, 0.25) is 10.0 Å². The van der Waals surface area contributed by atoms with Crippen LogP contribution in [0.1, 0.15) is 5.56 Å². The van der Waals surface area contributed by atoms with Crippen molar-refractivity contribution in [2.75, 3.05) is 9.62 Å². The minimum absolute atomic E-state index is 0.546. The second-order valence-electron chi connectivity index (χ2n) is 6.29. The molecule has 0 aliphatic rings. The average molecular weight is 427 g/mol. The molecule has 3 aromatic carbocycles. The number of anilines is 4. The molecular formula is C21H16Cl2N4S. The SMILES string of the molecule is Cc1ccc2nc(NS)c(N(c3ccc(Cl)cc3)c3ccc(Cl)cc3)nc2c1. The Labute approximate surface area is 178 Å². The van der Waals surface area contributed by atoms with Crippen molar-refractivity contribution in [3.05, 3.63) is 82.3 Å². The number of hydrogen-bond acceptors (Lipinski definition) is 5. The van der Waals surface area contributed by atoms with E-state index in [1.807, 2.05) is 78.6 Å². The molecule has 7 heteroatoms. The lowest BCUT2D eigenvalue weighted by atomic mass is 10.2. The van der Waals surface area contributed by atoms with Crippen molar-refractivity contribution in [1.82, 2.24) is 9.97 Å². The molecule has 1 heterocycles. The Morgan fingerprint density at radius 1 is 0.786 bits per heavy atom. The van der Waals surface area contributed by atoms with Gasteiger partial charge in [-0.15, -0.1) is 0 Å². The third kappa shape index (κ3) is 3.74. The van der Waals surface area contributed by atoms with Gasteiger partial charge in [0.2, 0.25) is 0 Å². The number of fused-ring (bicyclic) bond motifs is 1. The lowest BCUT2D eigenvalue weighted by Gasteiger charge is -2.26. The number of benzene rings is 3. The molecule has 4 nitrogen and oxygen atoms in total. The lowest BCUT2D eigenvalue weighted by Crippen LogP contribution is -2.14. The second kappa shape index (κ2) is 7.87. The molecule has 28 heavy (non-hydrogen) atoms. The zero-order valence-electron chi connectivity index (χ0n) is 14.9. The topological polar surface area (TPSA) is 41.1 Å². The molecule has 0 spiro atoms. The molecule has 0 aliphatic heterocycles. The summed E-state index contributed by atoms with van der Waals surface area (Å²) in [5, 5.41) is 1.32. The number of nitrogens with one attached hydrogen (secondary N) is 1. The fourth-order valence-electron chi connectivity index (χ4n) is 2.96.